The Morgan fingerprint density at radius 3 is 2.61 bits per heavy atom. The monoisotopic (exact) mass is 329 g/mol. The van der Waals surface area contributed by atoms with Gasteiger partial charge in [-0.1, -0.05) is 7.43 Å². The van der Waals surface area contributed by atoms with Gasteiger partial charge in [0.2, 0.25) is 11.9 Å². The molecular formula is C11H16BrN5S. The van der Waals surface area contributed by atoms with E-state index in [9.17, 15) is 0 Å². The number of rotatable bonds is 3. The maximum Gasteiger partial charge on any atom is 0.228 e. The van der Waals surface area contributed by atoms with Gasteiger partial charge in [-0.2, -0.15) is 15.0 Å². The van der Waals surface area contributed by atoms with Gasteiger partial charge in [0.05, 0.1) is 9.83 Å². The third-order valence-electron chi connectivity index (χ3n) is 2.13. The van der Waals surface area contributed by atoms with Gasteiger partial charge in [0, 0.05) is 4.88 Å². The number of anilines is 2. The average molecular weight is 330 g/mol. The first-order chi connectivity index (χ1) is 8.04. The van der Waals surface area contributed by atoms with Crippen molar-refractivity contribution in [2.45, 2.75) is 27.3 Å². The lowest BCUT2D eigenvalue weighted by Crippen LogP contribution is -2.11. The Hall–Kier alpha value is -1.21. The van der Waals surface area contributed by atoms with E-state index in [0.717, 1.165) is 3.79 Å². The Labute approximate surface area is 119 Å². The molecule has 2 aromatic heterocycles. The van der Waals surface area contributed by atoms with E-state index in [1.165, 1.54) is 4.88 Å². The van der Waals surface area contributed by atoms with Crippen molar-refractivity contribution >= 4 is 39.2 Å². The molecule has 2 rings (SSSR count). The van der Waals surface area contributed by atoms with Crippen molar-refractivity contribution in [1.29, 1.82) is 0 Å². The molecule has 0 radical (unpaired) electrons. The molecule has 3 N–H and O–H groups in total. The molecule has 1 atom stereocenters. The predicted octanol–water partition coefficient (Wildman–Crippen LogP) is 3.40. The highest BCUT2D eigenvalue weighted by atomic mass is 79.9. The second kappa shape index (κ2) is 6.10. The molecule has 0 amide bonds. The summed E-state index contributed by atoms with van der Waals surface area (Å²) in [5.74, 6) is 1.35. The lowest BCUT2D eigenvalue weighted by atomic mass is 10.3. The van der Waals surface area contributed by atoms with Crippen LogP contribution in [0.2, 0.25) is 0 Å². The van der Waals surface area contributed by atoms with Gasteiger partial charge in [-0.25, -0.2) is 0 Å². The summed E-state index contributed by atoms with van der Waals surface area (Å²) in [6, 6.07) is 4.21. The lowest BCUT2D eigenvalue weighted by Gasteiger charge is -2.12. The van der Waals surface area contributed by atoms with Crippen molar-refractivity contribution in [3.05, 3.63) is 26.6 Å². The maximum atomic E-state index is 5.57. The number of aryl methyl sites for hydroxylation is 1. The minimum Gasteiger partial charge on any atom is -0.368 e. The zero-order chi connectivity index (χ0) is 12.4. The third kappa shape index (κ3) is 3.64. The maximum absolute atomic E-state index is 5.57. The Morgan fingerprint density at radius 1 is 1.33 bits per heavy atom. The minimum absolute atomic E-state index is 0. The number of nitrogens with zero attached hydrogens (tertiary/aromatic N) is 3. The number of nitrogens with one attached hydrogen (secondary N) is 1. The predicted molar refractivity (Wildman–Crippen MR) is 79.8 cm³/mol. The first-order valence-corrected chi connectivity index (χ1v) is 6.65. The van der Waals surface area contributed by atoms with E-state index in [-0.39, 0.29) is 19.4 Å². The lowest BCUT2D eigenvalue weighted by molar-refractivity contribution is 0.864. The molecule has 5 nitrogen and oxygen atoms in total. The van der Waals surface area contributed by atoms with Crippen LogP contribution in [-0.2, 0) is 0 Å². The van der Waals surface area contributed by atoms with Crippen LogP contribution >= 0.6 is 27.3 Å². The van der Waals surface area contributed by atoms with E-state index >= 15 is 0 Å². The van der Waals surface area contributed by atoms with Crippen LogP contribution in [-0.4, -0.2) is 15.0 Å². The van der Waals surface area contributed by atoms with Gasteiger partial charge in [0.15, 0.2) is 0 Å². The molecule has 1 unspecified atom stereocenters. The summed E-state index contributed by atoms with van der Waals surface area (Å²) < 4.78 is 1.10. The van der Waals surface area contributed by atoms with Gasteiger partial charge >= 0.3 is 0 Å². The molecular weight excluding hydrogens is 314 g/mol. The standard InChI is InChI=1S/C10H12BrN5S.CH4/c1-5(7-3-4-8(11)17-7)13-10-15-6(2)14-9(12)16-10;/h3-5H,1-2H3,(H3,12,13,14,15,16);1H4. The van der Waals surface area contributed by atoms with Crippen LogP contribution in [0.4, 0.5) is 11.9 Å². The summed E-state index contributed by atoms with van der Waals surface area (Å²) in [5.41, 5.74) is 5.57. The van der Waals surface area contributed by atoms with E-state index in [4.69, 9.17) is 5.73 Å². The van der Waals surface area contributed by atoms with E-state index in [1.54, 1.807) is 18.3 Å². The zero-order valence-corrected chi connectivity index (χ0v) is 11.8. The largest absolute Gasteiger partial charge is 0.368 e. The summed E-state index contributed by atoms with van der Waals surface area (Å²) in [6.07, 6.45) is 0. The van der Waals surface area contributed by atoms with Crippen molar-refractivity contribution in [2.24, 2.45) is 0 Å². The summed E-state index contributed by atoms with van der Waals surface area (Å²) in [5, 5.41) is 3.20. The van der Waals surface area contributed by atoms with Gasteiger partial charge in [0.1, 0.15) is 5.82 Å². The fraction of sp³-hybridized carbons (Fsp3) is 0.364. The fourth-order valence-corrected chi connectivity index (χ4v) is 2.82. The molecule has 18 heavy (non-hydrogen) atoms. The van der Waals surface area contributed by atoms with Crippen LogP contribution in [0, 0.1) is 6.92 Å². The van der Waals surface area contributed by atoms with E-state index < -0.39 is 0 Å². The molecule has 2 heterocycles. The number of hydrogen-bond acceptors (Lipinski definition) is 6. The Bertz CT molecular complexity index is 508. The number of halogens is 1. The summed E-state index contributed by atoms with van der Waals surface area (Å²) in [7, 11) is 0. The number of hydrogen-bond donors (Lipinski definition) is 2. The molecule has 0 aliphatic rings. The molecule has 0 aliphatic carbocycles. The van der Waals surface area contributed by atoms with Gasteiger partial charge in [-0.15, -0.1) is 11.3 Å². The topological polar surface area (TPSA) is 76.7 Å². The zero-order valence-electron chi connectivity index (χ0n) is 9.44. The first-order valence-electron chi connectivity index (χ1n) is 5.04. The normalized spacial score (nSPS) is 11.7. The third-order valence-corrected chi connectivity index (χ3v) is 3.94. The van der Waals surface area contributed by atoms with Crippen LogP contribution in [0.15, 0.2) is 15.9 Å². The molecule has 2 aromatic rings. The summed E-state index contributed by atoms with van der Waals surface area (Å²) in [6.45, 7) is 3.84. The van der Waals surface area contributed by atoms with Crippen LogP contribution < -0.4 is 11.1 Å². The van der Waals surface area contributed by atoms with Crippen molar-refractivity contribution < 1.29 is 0 Å². The Morgan fingerprint density at radius 2 is 2.06 bits per heavy atom. The number of aromatic nitrogens is 3. The van der Waals surface area contributed by atoms with Gasteiger partial charge < -0.3 is 11.1 Å². The molecule has 0 saturated heterocycles. The van der Waals surface area contributed by atoms with E-state index in [0.29, 0.717) is 11.8 Å². The highest BCUT2D eigenvalue weighted by Gasteiger charge is 2.10. The van der Waals surface area contributed by atoms with Gasteiger partial charge in [0.25, 0.3) is 0 Å². The molecule has 98 valence electrons. The van der Waals surface area contributed by atoms with Gasteiger partial charge in [-0.3, -0.25) is 0 Å². The molecule has 0 fully saturated rings. The molecule has 7 heteroatoms. The van der Waals surface area contributed by atoms with Crippen molar-refractivity contribution in [3.63, 3.8) is 0 Å². The van der Waals surface area contributed by atoms with Crippen LogP contribution in [0.1, 0.15) is 31.1 Å². The van der Waals surface area contributed by atoms with Crippen molar-refractivity contribution in [2.75, 3.05) is 11.1 Å². The van der Waals surface area contributed by atoms with Gasteiger partial charge in [-0.05, 0) is 41.9 Å². The number of nitrogens with two attached hydrogens (primary N) is 1. The molecule has 0 aromatic carbocycles. The molecule has 0 spiro atoms. The second-order valence-electron chi connectivity index (χ2n) is 3.57. The summed E-state index contributed by atoms with van der Waals surface area (Å²) >= 11 is 5.11. The first kappa shape index (κ1) is 14.8. The van der Waals surface area contributed by atoms with Crippen molar-refractivity contribution in [1.82, 2.24) is 15.0 Å². The quantitative estimate of drug-likeness (QED) is 0.902. The highest BCUT2D eigenvalue weighted by Crippen LogP contribution is 2.28. The van der Waals surface area contributed by atoms with Crippen LogP contribution in [0.3, 0.4) is 0 Å². The minimum atomic E-state index is 0. The Balaban J connectivity index is 0.00000162. The van der Waals surface area contributed by atoms with Crippen LogP contribution in [0.25, 0.3) is 0 Å². The van der Waals surface area contributed by atoms with Crippen molar-refractivity contribution in [3.8, 4) is 0 Å². The summed E-state index contributed by atoms with van der Waals surface area (Å²) in [4.78, 5) is 13.4. The second-order valence-corrected chi connectivity index (χ2v) is 6.07. The van der Waals surface area contributed by atoms with E-state index in [1.807, 2.05) is 13.0 Å². The Kier molecular flexibility index (Phi) is 5.03. The highest BCUT2D eigenvalue weighted by molar-refractivity contribution is 9.11. The van der Waals surface area contributed by atoms with E-state index in [2.05, 4.69) is 42.3 Å². The number of thiophene rings is 1. The molecule has 0 aliphatic heterocycles. The SMILES string of the molecule is C.Cc1nc(N)nc(NC(C)c2ccc(Br)s2)n1. The van der Waals surface area contributed by atoms with Crippen LogP contribution in [0.5, 0.6) is 0 Å². The fourth-order valence-electron chi connectivity index (χ4n) is 1.39. The molecule has 0 saturated carbocycles. The smallest absolute Gasteiger partial charge is 0.228 e. The number of nitrogen functional groups attached to an aromatic ring is 1. The average Bonchev–Trinajstić information content (AvgIpc) is 2.63. The molecule has 0 bridgehead atoms.